The molecule has 0 atom stereocenters. The third-order valence-corrected chi connectivity index (χ3v) is 2.47. The van der Waals surface area contributed by atoms with Gasteiger partial charge in [0.25, 0.3) is 0 Å². The van der Waals surface area contributed by atoms with Crippen molar-refractivity contribution in [1.29, 1.82) is 0 Å². The summed E-state index contributed by atoms with van der Waals surface area (Å²) in [6.07, 6.45) is 2.10. The third-order valence-electron chi connectivity index (χ3n) is 2.47. The number of aliphatic hydroxyl groups is 1. The van der Waals surface area contributed by atoms with Crippen LogP contribution in [0.3, 0.4) is 0 Å². The Bertz CT molecular complexity index is 251. The lowest BCUT2D eigenvalue weighted by molar-refractivity contribution is -0.137. The van der Waals surface area contributed by atoms with Gasteiger partial charge >= 0.3 is 5.97 Å². The van der Waals surface area contributed by atoms with E-state index in [0.29, 0.717) is 18.4 Å². The van der Waals surface area contributed by atoms with Gasteiger partial charge in [0.2, 0.25) is 0 Å². The van der Waals surface area contributed by atoms with E-state index in [9.17, 15) is 9.90 Å². The topological polar surface area (TPSA) is 46.5 Å². The zero-order chi connectivity index (χ0) is 10.1. The molecular weight excluding hydrogens is 180 g/mol. The van der Waals surface area contributed by atoms with Crippen LogP contribution in [0.5, 0.6) is 0 Å². The molecule has 1 N–H and O–H groups in total. The van der Waals surface area contributed by atoms with Gasteiger partial charge in [0.15, 0.2) is 0 Å². The molecule has 0 aromatic rings. The number of hydrogen-bond donors (Lipinski definition) is 1. The van der Waals surface area contributed by atoms with Crippen LogP contribution in [-0.2, 0) is 9.53 Å². The van der Waals surface area contributed by atoms with Gasteiger partial charge in [0, 0.05) is 6.42 Å². The highest BCUT2D eigenvalue weighted by molar-refractivity contribution is 5.89. The maximum Gasteiger partial charge on any atom is 0.337 e. The number of carbonyl (C=O) groups excluding carboxylic acids is 1. The second kappa shape index (κ2) is 4.49. The molecule has 14 heavy (non-hydrogen) atoms. The Hall–Kier alpha value is -0.990. The summed E-state index contributed by atoms with van der Waals surface area (Å²) in [4.78, 5) is 11.2. The second-order valence-electron chi connectivity index (χ2n) is 4.26. The van der Waals surface area contributed by atoms with Crippen molar-refractivity contribution in [3.63, 3.8) is 0 Å². The molecule has 82 valence electrons. The third kappa shape index (κ3) is 2.76. The Morgan fingerprint density at radius 1 is 1.50 bits per heavy atom. The number of ether oxygens (including phenoxy) is 1. The first-order valence-corrected chi connectivity index (χ1v) is 4.45. The molecule has 0 aromatic carbocycles. The molecule has 0 saturated heterocycles. The molecule has 0 heterocycles. The molecule has 1 aliphatic carbocycles. The maximum atomic E-state index is 11.2. The van der Waals surface area contributed by atoms with E-state index < -0.39 is 5.97 Å². The number of allylic oxidation sites excluding steroid dienone is 1. The number of aliphatic hydroxyl groups excluding tert-OH is 1. The van der Waals surface area contributed by atoms with Gasteiger partial charge in [-0.05, 0) is 18.3 Å². The van der Waals surface area contributed by atoms with Crippen LogP contribution in [0.2, 0.25) is 0 Å². The monoisotopic (exact) mass is 200 g/mol. The highest BCUT2D eigenvalue weighted by Gasteiger charge is 2.30. The average molecular weight is 200 g/mol. The first-order valence-electron chi connectivity index (χ1n) is 4.45. The fourth-order valence-corrected chi connectivity index (χ4v) is 1.59. The molecule has 0 aromatic heterocycles. The highest BCUT2D eigenvalue weighted by Crippen LogP contribution is 2.37. The molecule has 0 bridgehead atoms. The lowest BCUT2D eigenvalue weighted by Crippen LogP contribution is -2.23. The Kier molecular flexibility index (Phi) is 4.17. The Labute approximate surface area is 85.8 Å². The Balaban J connectivity index is 0.00000169. The lowest BCUT2D eigenvalue weighted by Gasteiger charge is -2.29. The van der Waals surface area contributed by atoms with Crippen LogP contribution in [0.15, 0.2) is 11.3 Å². The molecule has 0 fully saturated rings. The molecule has 3 nitrogen and oxygen atoms in total. The van der Waals surface area contributed by atoms with E-state index >= 15 is 0 Å². The number of hydrogen-bond acceptors (Lipinski definition) is 3. The molecule has 3 heteroatoms. The van der Waals surface area contributed by atoms with Crippen LogP contribution in [0.1, 0.15) is 40.5 Å². The summed E-state index contributed by atoms with van der Waals surface area (Å²) in [5.41, 5.74) is 0.536. The zero-order valence-electron chi connectivity index (χ0n) is 8.39. The summed E-state index contributed by atoms with van der Waals surface area (Å²) < 4.78 is 4.60. The van der Waals surface area contributed by atoms with Crippen molar-refractivity contribution < 1.29 is 14.6 Å². The molecule has 0 aliphatic heterocycles. The van der Waals surface area contributed by atoms with E-state index in [-0.39, 0.29) is 18.6 Å². The molecule has 0 saturated carbocycles. The van der Waals surface area contributed by atoms with Crippen molar-refractivity contribution in [3.8, 4) is 0 Å². The Morgan fingerprint density at radius 3 is 2.57 bits per heavy atom. The average Bonchev–Trinajstić information content (AvgIpc) is 2.08. The molecule has 0 spiro atoms. The summed E-state index contributed by atoms with van der Waals surface area (Å²) in [7, 11) is 1.34. The number of carbonyl (C=O) groups is 1. The van der Waals surface area contributed by atoms with E-state index in [1.165, 1.54) is 7.11 Å². The SMILES string of the molecule is C.COC(=O)C1=C(O)CCC(C)(C)C1. The quantitative estimate of drug-likeness (QED) is 0.662. The number of rotatable bonds is 1. The number of methoxy groups -OCH3 is 1. The smallest absolute Gasteiger partial charge is 0.337 e. The largest absolute Gasteiger partial charge is 0.512 e. The summed E-state index contributed by atoms with van der Waals surface area (Å²) >= 11 is 0. The van der Waals surface area contributed by atoms with E-state index in [1.807, 2.05) is 0 Å². The molecule has 0 radical (unpaired) electrons. The van der Waals surface area contributed by atoms with Crippen molar-refractivity contribution >= 4 is 5.97 Å². The van der Waals surface area contributed by atoms with Crippen molar-refractivity contribution in [2.45, 2.75) is 40.5 Å². The van der Waals surface area contributed by atoms with Gasteiger partial charge < -0.3 is 9.84 Å². The van der Waals surface area contributed by atoms with Gasteiger partial charge in [0.05, 0.1) is 12.7 Å². The van der Waals surface area contributed by atoms with E-state index in [2.05, 4.69) is 18.6 Å². The van der Waals surface area contributed by atoms with Crippen LogP contribution < -0.4 is 0 Å². The van der Waals surface area contributed by atoms with E-state index in [0.717, 1.165) is 6.42 Å². The van der Waals surface area contributed by atoms with E-state index in [4.69, 9.17) is 0 Å². The molecular formula is C11H20O3. The predicted octanol–water partition coefficient (Wildman–Crippen LogP) is 2.82. The van der Waals surface area contributed by atoms with Gasteiger partial charge in [0.1, 0.15) is 5.76 Å². The van der Waals surface area contributed by atoms with Gasteiger partial charge in [-0.15, -0.1) is 0 Å². The minimum atomic E-state index is -0.398. The molecule has 0 unspecified atom stereocenters. The maximum absolute atomic E-state index is 11.2. The second-order valence-corrected chi connectivity index (χ2v) is 4.26. The van der Waals surface area contributed by atoms with Crippen molar-refractivity contribution in [1.82, 2.24) is 0 Å². The van der Waals surface area contributed by atoms with Crippen LogP contribution >= 0.6 is 0 Å². The van der Waals surface area contributed by atoms with Crippen LogP contribution in [0.25, 0.3) is 0 Å². The summed E-state index contributed by atoms with van der Waals surface area (Å²) in [6, 6.07) is 0. The molecule has 1 rings (SSSR count). The van der Waals surface area contributed by atoms with Gasteiger partial charge in [-0.2, -0.15) is 0 Å². The van der Waals surface area contributed by atoms with Crippen LogP contribution in [0.4, 0.5) is 0 Å². The standard InChI is InChI=1S/C10H16O3.CH4/c1-10(2)5-4-8(11)7(6-10)9(12)13-3;/h11H,4-6H2,1-3H3;1H4. The van der Waals surface area contributed by atoms with Crippen LogP contribution in [-0.4, -0.2) is 18.2 Å². The minimum absolute atomic E-state index is 0. The minimum Gasteiger partial charge on any atom is -0.512 e. The molecule has 1 aliphatic rings. The fourth-order valence-electron chi connectivity index (χ4n) is 1.59. The summed E-state index contributed by atoms with van der Waals surface area (Å²) in [5.74, 6) is -0.198. The molecule has 0 amide bonds. The lowest BCUT2D eigenvalue weighted by atomic mass is 9.76. The van der Waals surface area contributed by atoms with Crippen molar-refractivity contribution in [3.05, 3.63) is 11.3 Å². The van der Waals surface area contributed by atoms with Crippen LogP contribution in [0, 0.1) is 5.41 Å². The van der Waals surface area contributed by atoms with Gasteiger partial charge in [-0.3, -0.25) is 0 Å². The summed E-state index contributed by atoms with van der Waals surface area (Å²) in [6.45, 7) is 4.17. The summed E-state index contributed by atoms with van der Waals surface area (Å²) in [5, 5.41) is 9.48. The van der Waals surface area contributed by atoms with Gasteiger partial charge in [-0.25, -0.2) is 4.79 Å². The normalized spacial score (nSPS) is 19.9. The Morgan fingerprint density at radius 2 is 2.07 bits per heavy atom. The van der Waals surface area contributed by atoms with Crippen molar-refractivity contribution in [2.75, 3.05) is 7.11 Å². The van der Waals surface area contributed by atoms with Gasteiger partial charge in [-0.1, -0.05) is 21.3 Å². The first kappa shape index (κ1) is 13.0. The highest BCUT2D eigenvalue weighted by atomic mass is 16.5. The van der Waals surface area contributed by atoms with Crippen molar-refractivity contribution in [2.24, 2.45) is 5.41 Å². The first-order chi connectivity index (χ1) is 5.96. The number of esters is 1. The predicted molar refractivity (Wildman–Crippen MR) is 56.0 cm³/mol. The van der Waals surface area contributed by atoms with E-state index in [1.54, 1.807) is 0 Å². The zero-order valence-corrected chi connectivity index (χ0v) is 8.39. The fraction of sp³-hybridized carbons (Fsp3) is 0.727.